The van der Waals surface area contributed by atoms with Crippen LogP contribution in [-0.4, -0.2) is 81.3 Å². The molecule has 0 aromatic heterocycles. The second kappa shape index (κ2) is 12.8. The summed E-state index contributed by atoms with van der Waals surface area (Å²) in [5.74, 6) is 0.489. The Hall–Kier alpha value is -2.48. The van der Waals surface area contributed by atoms with Crippen molar-refractivity contribution in [3.8, 4) is 5.75 Å². The first-order valence-corrected chi connectivity index (χ1v) is 12.4. The number of amides is 1. The number of benzene rings is 2. The Morgan fingerprint density at radius 2 is 1.85 bits per heavy atom. The van der Waals surface area contributed by atoms with Crippen LogP contribution in [0.1, 0.15) is 12.0 Å². The number of piperidine rings is 1. The molecule has 0 aliphatic carbocycles. The molecule has 2 heterocycles. The van der Waals surface area contributed by atoms with E-state index in [0.29, 0.717) is 18.9 Å². The smallest absolute Gasteiger partial charge is 0.224 e. The molecule has 2 aliphatic heterocycles. The number of carbonyl (C=O) groups excluding carboxylic acids is 1. The zero-order valence-electron chi connectivity index (χ0n) is 19.8. The molecule has 2 aromatic rings. The summed E-state index contributed by atoms with van der Waals surface area (Å²) in [4.78, 5) is 17.8. The standard InChI is InChI=1S/C27H36FN3O3/c28-25-7-4-8-26(18-25)34-21-23-17-24(27(32)29-10-12-30-13-15-33-16-14-30)20-31(19-23)11-9-22-5-2-1-3-6-22/h1-8,18,23-24H,9-17,19-21H2,(H,29,32)/t23-,24+/m0/s1. The van der Waals surface area contributed by atoms with E-state index in [9.17, 15) is 9.18 Å². The van der Waals surface area contributed by atoms with Crippen LogP contribution in [0, 0.1) is 17.7 Å². The summed E-state index contributed by atoms with van der Waals surface area (Å²) in [6, 6.07) is 16.7. The fourth-order valence-electron chi connectivity index (χ4n) is 4.81. The molecular weight excluding hydrogens is 433 g/mol. The number of nitrogens with one attached hydrogen (secondary N) is 1. The molecule has 7 heteroatoms. The Labute approximate surface area is 202 Å². The SMILES string of the molecule is O=C(NCCN1CCOCC1)[C@@H]1C[C@H](COc2cccc(F)c2)CN(CCc2ccccc2)C1. The summed E-state index contributed by atoms with van der Waals surface area (Å²) in [6.07, 6.45) is 1.73. The van der Waals surface area contributed by atoms with E-state index in [-0.39, 0.29) is 23.6 Å². The fourth-order valence-corrected chi connectivity index (χ4v) is 4.81. The van der Waals surface area contributed by atoms with Gasteiger partial charge in [-0.05, 0) is 30.5 Å². The third-order valence-corrected chi connectivity index (χ3v) is 6.66. The molecule has 184 valence electrons. The van der Waals surface area contributed by atoms with Crippen molar-refractivity contribution >= 4 is 5.91 Å². The monoisotopic (exact) mass is 469 g/mol. The molecule has 1 N–H and O–H groups in total. The number of morpholine rings is 1. The molecule has 2 atom stereocenters. The maximum Gasteiger partial charge on any atom is 0.224 e. The van der Waals surface area contributed by atoms with Gasteiger partial charge in [0, 0.05) is 57.8 Å². The number of nitrogens with zero attached hydrogens (tertiary/aromatic N) is 2. The lowest BCUT2D eigenvalue weighted by molar-refractivity contribution is -0.127. The van der Waals surface area contributed by atoms with E-state index in [1.54, 1.807) is 12.1 Å². The summed E-state index contributed by atoms with van der Waals surface area (Å²) in [6.45, 7) is 7.89. The highest BCUT2D eigenvalue weighted by Gasteiger charge is 2.32. The zero-order valence-corrected chi connectivity index (χ0v) is 19.8. The highest BCUT2D eigenvalue weighted by Crippen LogP contribution is 2.24. The van der Waals surface area contributed by atoms with Crippen molar-refractivity contribution in [3.05, 3.63) is 66.0 Å². The van der Waals surface area contributed by atoms with Gasteiger partial charge in [0.15, 0.2) is 0 Å². The summed E-state index contributed by atoms with van der Waals surface area (Å²) in [5, 5.41) is 3.16. The van der Waals surface area contributed by atoms with E-state index >= 15 is 0 Å². The molecule has 0 radical (unpaired) electrons. The number of hydrogen-bond donors (Lipinski definition) is 1. The Bertz CT molecular complexity index is 892. The lowest BCUT2D eigenvalue weighted by Crippen LogP contribution is -2.49. The zero-order chi connectivity index (χ0) is 23.6. The molecule has 2 aromatic carbocycles. The average Bonchev–Trinajstić information content (AvgIpc) is 2.87. The van der Waals surface area contributed by atoms with Crippen LogP contribution in [0.25, 0.3) is 0 Å². The van der Waals surface area contributed by atoms with Gasteiger partial charge >= 0.3 is 0 Å². The predicted octanol–water partition coefficient (Wildman–Crippen LogP) is 2.83. The summed E-state index contributed by atoms with van der Waals surface area (Å²) >= 11 is 0. The van der Waals surface area contributed by atoms with Crippen molar-refractivity contribution < 1.29 is 18.7 Å². The lowest BCUT2D eigenvalue weighted by Gasteiger charge is -2.37. The highest BCUT2D eigenvalue weighted by atomic mass is 19.1. The minimum Gasteiger partial charge on any atom is -0.493 e. The molecular formula is C27H36FN3O3. The summed E-state index contributed by atoms with van der Waals surface area (Å²) < 4.78 is 24.8. The van der Waals surface area contributed by atoms with Crippen molar-refractivity contribution in [3.63, 3.8) is 0 Å². The van der Waals surface area contributed by atoms with Crippen molar-refractivity contribution in [1.29, 1.82) is 0 Å². The van der Waals surface area contributed by atoms with Crippen molar-refractivity contribution in [2.45, 2.75) is 12.8 Å². The molecule has 2 fully saturated rings. The van der Waals surface area contributed by atoms with Crippen molar-refractivity contribution in [2.24, 2.45) is 11.8 Å². The Kier molecular flexibility index (Phi) is 9.30. The molecule has 4 rings (SSSR count). The van der Waals surface area contributed by atoms with Crippen LogP contribution in [0.3, 0.4) is 0 Å². The summed E-state index contributed by atoms with van der Waals surface area (Å²) in [7, 11) is 0. The molecule has 1 amide bonds. The minimum atomic E-state index is -0.303. The van der Waals surface area contributed by atoms with Gasteiger partial charge in [-0.15, -0.1) is 0 Å². The van der Waals surface area contributed by atoms with Crippen LogP contribution in [0.2, 0.25) is 0 Å². The van der Waals surface area contributed by atoms with Crippen LogP contribution in [0.15, 0.2) is 54.6 Å². The van der Waals surface area contributed by atoms with Crippen LogP contribution in [0.4, 0.5) is 4.39 Å². The topological polar surface area (TPSA) is 54.0 Å². The Balaban J connectivity index is 1.31. The van der Waals surface area contributed by atoms with E-state index in [1.165, 1.54) is 17.7 Å². The number of hydrogen-bond acceptors (Lipinski definition) is 5. The van der Waals surface area contributed by atoms with Gasteiger partial charge in [0.25, 0.3) is 0 Å². The third kappa shape index (κ3) is 7.79. The van der Waals surface area contributed by atoms with Gasteiger partial charge < -0.3 is 19.7 Å². The van der Waals surface area contributed by atoms with Crippen LogP contribution < -0.4 is 10.1 Å². The van der Waals surface area contributed by atoms with Gasteiger partial charge in [-0.3, -0.25) is 9.69 Å². The van der Waals surface area contributed by atoms with Gasteiger partial charge in [0.05, 0.1) is 25.7 Å². The maximum absolute atomic E-state index is 13.5. The molecule has 6 nitrogen and oxygen atoms in total. The van der Waals surface area contributed by atoms with Crippen molar-refractivity contribution in [1.82, 2.24) is 15.1 Å². The van der Waals surface area contributed by atoms with Gasteiger partial charge in [-0.2, -0.15) is 0 Å². The van der Waals surface area contributed by atoms with Gasteiger partial charge in [0.2, 0.25) is 5.91 Å². The maximum atomic E-state index is 13.5. The summed E-state index contributed by atoms with van der Waals surface area (Å²) in [5.41, 5.74) is 1.30. The fraction of sp³-hybridized carbons (Fsp3) is 0.519. The highest BCUT2D eigenvalue weighted by molar-refractivity contribution is 5.79. The van der Waals surface area contributed by atoms with E-state index in [0.717, 1.165) is 65.3 Å². The minimum absolute atomic E-state index is 0.0738. The Morgan fingerprint density at radius 3 is 2.65 bits per heavy atom. The van der Waals surface area contributed by atoms with Gasteiger partial charge in [-0.1, -0.05) is 36.4 Å². The molecule has 0 saturated carbocycles. The lowest BCUT2D eigenvalue weighted by atomic mass is 9.88. The number of rotatable bonds is 10. The first-order chi connectivity index (χ1) is 16.7. The normalized spacial score (nSPS) is 21.8. The van der Waals surface area contributed by atoms with Gasteiger partial charge in [0.1, 0.15) is 11.6 Å². The van der Waals surface area contributed by atoms with E-state index < -0.39 is 0 Å². The first-order valence-electron chi connectivity index (χ1n) is 12.4. The molecule has 34 heavy (non-hydrogen) atoms. The van der Waals surface area contributed by atoms with Crippen LogP contribution in [0.5, 0.6) is 5.75 Å². The quantitative estimate of drug-likeness (QED) is 0.580. The van der Waals surface area contributed by atoms with E-state index in [1.807, 2.05) is 6.07 Å². The molecule has 2 saturated heterocycles. The molecule has 0 unspecified atom stereocenters. The number of ether oxygens (including phenoxy) is 2. The molecule has 0 bridgehead atoms. The largest absolute Gasteiger partial charge is 0.493 e. The number of likely N-dealkylation sites (tertiary alicyclic amines) is 1. The predicted molar refractivity (Wildman–Crippen MR) is 130 cm³/mol. The van der Waals surface area contributed by atoms with Crippen LogP contribution >= 0.6 is 0 Å². The van der Waals surface area contributed by atoms with E-state index in [4.69, 9.17) is 9.47 Å². The average molecular weight is 470 g/mol. The second-order valence-electron chi connectivity index (χ2n) is 9.31. The number of carbonyl (C=O) groups is 1. The first kappa shape index (κ1) is 24.6. The molecule has 2 aliphatic rings. The molecule has 0 spiro atoms. The Morgan fingerprint density at radius 1 is 1.03 bits per heavy atom. The second-order valence-corrected chi connectivity index (χ2v) is 9.31. The van der Waals surface area contributed by atoms with Gasteiger partial charge in [-0.25, -0.2) is 4.39 Å². The number of halogens is 1. The van der Waals surface area contributed by atoms with Crippen LogP contribution in [-0.2, 0) is 16.0 Å². The van der Waals surface area contributed by atoms with Crippen molar-refractivity contribution in [2.75, 3.05) is 65.6 Å². The third-order valence-electron chi connectivity index (χ3n) is 6.66. The van der Waals surface area contributed by atoms with E-state index in [2.05, 4.69) is 39.4 Å².